The fourth-order valence-corrected chi connectivity index (χ4v) is 5.57. The van der Waals surface area contributed by atoms with E-state index in [4.69, 9.17) is 0 Å². The molecule has 0 radical (unpaired) electrons. The second-order valence-electron chi connectivity index (χ2n) is 10.0. The number of hydrogen-bond acceptors (Lipinski definition) is 4. The summed E-state index contributed by atoms with van der Waals surface area (Å²) >= 11 is 0. The first-order valence-corrected chi connectivity index (χ1v) is 10.1. The Balaban J connectivity index is 1.87. The molecule has 1 fully saturated rings. The van der Waals surface area contributed by atoms with Crippen molar-refractivity contribution in [1.29, 1.82) is 0 Å². The minimum Gasteiger partial charge on any atom is -0.351 e. The van der Waals surface area contributed by atoms with Crippen LogP contribution in [0.2, 0.25) is 0 Å². The molecular formula is C23H30N2O4. The molecule has 29 heavy (non-hydrogen) atoms. The molecule has 1 aliphatic heterocycles. The van der Waals surface area contributed by atoms with Gasteiger partial charge in [-0.05, 0) is 55.1 Å². The van der Waals surface area contributed by atoms with Crippen molar-refractivity contribution in [2.75, 3.05) is 13.6 Å². The van der Waals surface area contributed by atoms with Crippen LogP contribution in [-0.4, -0.2) is 42.0 Å². The summed E-state index contributed by atoms with van der Waals surface area (Å²) in [6.07, 6.45) is 3.20. The van der Waals surface area contributed by atoms with Crippen LogP contribution in [0, 0.1) is 16.7 Å². The average molecular weight is 399 g/mol. The molecule has 6 nitrogen and oxygen atoms in total. The molecule has 156 valence electrons. The number of fused-ring (bicyclic) bond motifs is 1. The van der Waals surface area contributed by atoms with Crippen molar-refractivity contribution < 1.29 is 19.2 Å². The number of hydrogen-bond donors (Lipinski definition) is 1. The third kappa shape index (κ3) is 3.98. The van der Waals surface area contributed by atoms with E-state index in [-0.39, 0.29) is 44.8 Å². The Kier molecular flexibility index (Phi) is 5.18. The Morgan fingerprint density at radius 1 is 1.07 bits per heavy atom. The summed E-state index contributed by atoms with van der Waals surface area (Å²) in [4.78, 5) is 50.7. The Labute approximate surface area is 172 Å². The van der Waals surface area contributed by atoms with E-state index in [0.29, 0.717) is 12.5 Å². The Morgan fingerprint density at radius 3 is 2.14 bits per heavy atom. The van der Waals surface area contributed by atoms with Crippen LogP contribution in [0.25, 0.3) is 0 Å². The summed E-state index contributed by atoms with van der Waals surface area (Å²) in [7, 11) is 1.39. The molecule has 1 aromatic carbocycles. The lowest BCUT2D eigenvalue weighted by atomic mass is 9.61. The van der Waals surface area contributed by atoms with Crippen LogP contribution in [0.5, 0.6) is 0 Å². The Morgan fingerprint density at radius 2 is 1.62 bits per heavy atom. The van der Waals surface area contributed by atoms with Gasteiger partial charge >= 0.3 is 0 Å². The van der Waals surface area contributed by atoms with Gasteiger partial charge in [-0.15, -0.1) is 0 Å². The summed E-state index contributed by atoms with van der Waals surface area (Å²) in [5.41, 5.74) is 0.850. The maximum absolute atomic E-state index is 13.0. The van der Waals surface area contributed by atoms with Crippen molar-refractivity contribution in [3.63, 3.8) is 0 Å². The first kappa shape index (κ1) is 21.2. The number of carbonyl (C=O) groups is 4. The smallest absolute Gasteiger partial charge is 0.261 e. The number of Topliss-reactive ketones (excluding diaryl/α,β-unsaturated/α-hetero) is 1. The zero-order valence-electron chi connectivity index (χ0n) is 18.1. The third-order valence-corrected chi connectivity index (χ3v) is 6.18. The van der Waals surface area contributed by atoms with Crippen LogP contribution in [-0.2, 0) is 0 Å². The highest BCUT2D eigenvalue weighted by atomic mass is 16.2. The lowest BCUT2D eigenvalue weighted by molar-refractivity contribution is 0.0569. The molecule has 1 aliphatic carbocycles. The maximum Gasteiger partial charge on any atom is 0.261 e. The molecule has 2 atom stereocenters. The molecular weight excluding hydrogens is 368 g/mol. The topological polar surface area (TPSA) is 83.6 Å². The molecule has 6 heteroatoms. The van der Waals surface area contributed by atoms with Gasteiger partial charge in [0, 0.05) is 19.2 Å². The standard InChI is InChI=1S/C23H30N2O4/c1-13-9-22(3,4)11-23(5,10-13)12-24-19(27)16-8-18-17(7-15(16)14(2)26)20(28)25(6)21(18)29/h7-8,13H,9-12H2,1-6H3,(H,24,27). The van der Waals surface area contributed by atoms with Gasteiger partial charge in [0.25, 0.3) is 17.7 Å². The molecule has 3 rings (SSSR count). The van der Waals surface area contributed by atoms with Crippen molar-refractivity contribution in [3.05, 3.63) is 34.4 Å². The fraction of sp³-hybridized carbons (Fsp3) is 0.565. The third-order valence-electron chi connectivity index (χ3n) is 6.18. The van der Waals surface area contributed by atoms with Gasteiger partial charge in [-0.3, -0.25) is 24.1 Å². The van der Waals surface area contributed by atoms with Crippen LogP contribution in [0.4, 0.5) is 0 Å². The van der Waals surface area contributed by atoms with E-state index in [1.165, 1.54) is 32.5 Å². The van der Waals surface area contributed by atoms with Crippen molar-refractivity contribution >= 4 is 23.5 Å². The van der Waals surface area contributed by atoms with Crippen LogP contribution >= 0.6 is 0 Å². The highest BCUT2D eigenvalue weighted by Gasteiger charge is 2.40. The molecule has 1 saturated carbocycles. The average Bonchev–Trinajstić information content (AvgIpc) is 2.80. The van der Waals surface area contributed by atoms with Gasteiger partial charge in [-0.25, -0.2) is 0 Å². The van der Waals surface area contributed by atoms with E-state index in [1.54, 1.807) is 0 Å². The Hall–Kier alpha value is -2.50. The summed E-state index contributed by atoms with van der Waals surface area (Å²) < 4.78 is 0. The number of rotatable bonds is 4. The number of imide groups is 1. The van der Waals surface area contributed by atoms with Crippen LogP contribution in [0.1, 0.15) is 95.3 Å². The molecule has 1 heterocycles. The number of benzene rings is 1. The first-order chi connectivity index (χ1) is 13.3. The van der Waals surface area contributed by atoms with Gasteiger partial charge < -0.3 is 5.32 Å². The van der Waals surface area contributed by atoms with Gasteiger partial charge in [-0.2, -0.15) is 0 Å². The number of nitrogens with zero attached hydrogens (tertiary/aromatic N) is 1. The van der Waals surface area contributed by atoms with E-state index < -0.39 is 11.8 Å². The molecule has 1 aromatic rings. The van der Waals surface area contributed by atoms with Crippen molar-refractivity contribution in [2.24, 2.45) is 16.7 Å². The van der Waals surface area contributed by atoms with Crippen molar-refractivity contribution in [2.45, 2.75) is 53.9 Å². The first-order valence-electron chi connectivity index (χ1n) is 10.1. The van der Waals surface area contributed by atoms with E-state index in [9.17, 15) is 19.2 Å². The van der Waals surface area contributed by atoms with E-state index in [1.807, 2.05) is 0 Å². The minimum atomic E-state index is -0.455. The maximum atomic E-state index is 13.0. The molecule has 1 N–H and O–H groups in total. The molecule has 2 unspecified atom stereocenters. The fourth-order valence-electron chi connectivity index (χ4n) is 5.57. The summed E-state index contributed by atoms with van der Waals surface area (Å²) in [6, 6.07) is 2.77. The van der Waals surface area contributed by atoms with Crippen molar-refractivity contribution in [1.82, 2.24) is 10.2 Å². The van der Waals surface area contributed by atoms with Crippen molar-refractivity contribution in [3.8, 4) is 0 Å². The molecule has 0 spiro atoms. The van der Waals surface area contributed by atoms with Gasteiger partial charge in [0.05, 0.1) is 16.7 Å². The normalized spacial score (nSPS) is 25.7. The largest absolute Gasteiger partial charge is 0.351 e. The summed E-state index contributed by atoms with van der Waals surface area (Å²) in [6.45, 7) is 10.8. The van der Waals surface area contributed by atoms with Crippen LogP contribution in [0.3, 0.4) is 0 Å². The number of ketones is 1. The van der Waals surface area contributed by atoms with E-state index in [2.05, 4.69) is 33.0 Å². The second-order valence-corrected chi connectivity index (χ2v) is 10.0. The highest BCUT2D eigenvalue weighted by molar-refractivity contribution is 6.23. The Bertz CT molecular complexity index is 918. The number of amides is 3. The lowest BCUT2D eigenvalue weighted by Crippen LogP contribution is -2.43. The summed E-state index contributed by atoms with van der Waals surface area (Å²) in [5, 5.41) is 2.99. The number of carbonyl (C=O) groups excluding carboxylic acids is 4. The molecule has 3 amide bonds. The van der Waals surface area contributed by atoms with E-state index >= 15 is 0 Å². The monoisotopic (exact) mass is 398 g/mol. The molecule has 0 aromatic heterocycles. The predicted octanol–water partition coefficient (Wildman–Crippen LogP) is 3.70. The summed E-state index contributed by atoms with van der Waals surface area (Å²) in [5.74, 6) is -1.03. The lowest BCUT2D eigenvalue weighted by Gasteiger charge is -2.46. The van der Waals surface area contributed by atoms with Crippen LogP contribution in [0.15, 0.2) is 12.1 Å². The zero-order valence-corrected chi connectivity index (χ0v) is 18.1. The van der Waals surface area contributed by atoms with E-state index in [0.717, 1.165) is 17.7 Å². The van der Waals surface area contributed by atoms with Gasteiger partial charge in [0.1, 0.15) is 0 Å². The quantitative estimate of drug-likeness (QED) is 0.619. The SMILES string of the molecule is CC(=O)c1cc2c(cc1C(=O)NCC1(C)CC(C)CC(C)(C)C1)C(=O)N(C)C2=O. The molecule has 2 aliphatic rings. The zero-order chi connectivity index (χ0) is 21.7. The molecule has 0 bridgehead atoms. The van der Waals surface area contributed by atoms with Crippen LogP contribution < -0.4 is 5.32 Å². The highest BCUT2D eigenvalue weighted by Crippen LogP contribution is 2.48. The molecule has 0 saturated heterocycles. The number of nitrogens with one attached hydrogen (secondary N) is 1. The minimum absolute atomic E-state index is 0.0318. The predicted molar refractivity (Wildman–Crippen MR) is 110 cm³/mol. The second kappa shape index (κ2) is 7.08. The van der Waals surface area contributed by atoms with Gasteiger partial charge in [0.15, 0.2) is 5.78 Å². The van der Waals surface area contributed by atoms with Gasteiger partial charge in [-0.1, -0.05) is 27.7 Å². The van der Waals surface area contributed by atoms with Gasteiger partial charge in [0.2, 0.25) is 0 Å².